The standard InChI is InChI=1S/C46H52Cl2F6N4O5/c1-55(40(59)22-30-8-9-30)15-5-16-56(2)41(60)28-62-39-25-31-6-3-4-7-36(31)43(39)12-17-57(18-13-43)19-14-44(33-10-11-37(47)38(48)27-33)29-58(20-21-63-44)42(61)32-23-34(45(49,50)51)26-35(24-32)46(52,53)54/h3-4,6-7,10-11,23-24,26-27,30,39H,5,8-9,12-22,25,28-29H2,1-2H3/t39-,44-/m0/s1. The highest BCUT2D eigenvalue weighted by Gasteiger charge is 2.50. The van der Waals surface area contributed by atoms with Gasteiger partial charge in [-0.25, -0.2) is 0 Å². The van der Waals surface area contributed by atoms with E-state index in [4.69, 9.17) is 32.7 Å². The number of carbonyl (C=O) groups is 3. The molecule has 3 amide bonds. The van der Waals surface area contributed by atoms with Gasteiger partial charge in [-0.15, -0.1) is 0 Å². The first kappa shape index (κ1) is 47.1. The van der Waals surface area contributed by atoms with Gasteiger partial charge in [0.2, 0.25) is 11.8 Å². The van der Waals surface area contributed by atoms with Crippen LogP contribution < -0.4 is 0 Å². The molecule has 9 nitrogen and oxygen atoms in total. The largest absolute Gasteiger partial charge is 0.416 e. The van der Waals surface area contributed by atoms with Crippen molar-refractivity contribution >= 4 is 40.9 Å². The molecule has 2 atom stereocenters. The van der Waals surface area contributed by atoms with Gasteiger partial charge in [-0.3, -0.25) is 14.4 Å². The minimum absolute atomic E-state index is 0.000172. The minimum Gasteiger partial charge on any atom is -0.367 e. The summed E-state index contributed by atoms with van der Waals surface area (Å²) in [7, 11) is 3.56. The first-order chi connectivity index (χ1) is 29.8. The molecule has 2 aliphatic heterocycles. The highest BCUT2D eigenvalue weighted by atomic mass is 35.5. The lowest BCUT2D eigenvalue weighted by Crippen LogP contribution is -2.54. The van der Waals surface area contributed by atoms with E-state index in [-0.39, 0.29) is 65.7 Å². The molecule has 17 heteroatoms. The Morgan fingerprint density at radius 3 is 2.13 bits per heavy atom. The van der Waals surface area contributed by atoms with Gasteiger partial charge < -0.3 is 29.1 Å². The average Bonchev–Trinajstić information content (AvgIpc) is 4.03. The van der Waals surface area contributed by atoms with Crippen molar-refractivity contribution in [1.82, 2.24) is 19.6 Å². The van der Waals surface area contributed by atoms with E-state index < -0.39 is 40.6 Å². The Labute approximate surface area is 373 Å². The minimum atomic E-state index is -5.12. The van der Waals surface area contributed by atoms with E-state index in [1.165, 1.54) is 16.0 Å². The SMILES string of the molecule is CN(CCCN(C)C(=O)CC1CC1)C(=O)CO[C@H]1Cc2ccccc2C12CCN(CC[C@@]1(c3ccc(Cl)c(Cl)c3)CN(C(=O)c3cc(C(F)(F)F)cc(C(F)(F)F)c3)CCO1)CC2. The van der Waals surface area contributed by atoms with E-state index in [9.17, 15) is 40.7 Å². The first-order valence-corrected chi connectivity index (χ1v) is 22.1. The number of amides is 3. The zero-order valence-electron chi connectivity index (χ0n) is 35.3. The Morgan fingerprint density at radius 1 is 0.841 bits per heavy atom. The van der Waals surface area contributed by atoms with E-state index in [1.807, 2.05) is 12.1 Å². The molecular formula is C46H52Cl2F6N4O5. The summed E-state index contributed by atoms with van der Waals surface area (Å²) in [6.07, 6.45) is -4.57. The molecule has 3 fully saturated rings. The van der Waals surface area contributed by atoms with Gasteiger partial charge in [0.05, 0.1) is 40.4 Å². The third-order valence-corrected chi connectivity index (χ3v) is 14.1. The molecule has 2 aliphatic carbocycles. The molecule has 3 aromatic carbocycles. The smallest absolute Gasteiger partial charge is 0.367 e. The molecule has 0 unspecified atom stereocenters. The topological polar surface area (TPSA) is 82.6 Å². The quantitative estimate of drug-likeness (QED) is 0.150. The monoisotopic (exact) mass is 924 g/mol. The molecule has 1 saturated carbocycles. The number of hydrogen-bond donors (Lipinski definition) is 0. The molecule has 0 radical (unpaired) electrons. The second-order valence-electron chi connectivity index (χ2n) is 17.5. The van der Waals surface area contributed by atoms with Gasteiger partial charge in [0.1, 0.15) is 12.2 Å². The Kier molecular flexibility index (Phi) is 14.1. The van der Waals surface area contributed by atoms with Crippen molar-refractivity contribution < 1.29 is 50.2 Å². The fourth-order valence-corrected chi connectivity index (χ4v) is 9.64. The van der Waals surface area contributed by atoms with Crippen molar-refractivity contribution in [2.45, 2.75) is 80.8 Å². The number of carbonyl (C=O) groups excluding carboxylic acids is 3. The molecule has 4 aliphatic rings. The summed E-state index contributed by atoms with van der Waals surface area (Å²) < 4.78 is 95.5. The number of nitrogens with zero attached hydrogens (tertiary/aromatic N) is 4. The summed E-state index contributed by atoms with van der Waals surface area (Å²) in [5.41, 5.74) is -2.51. The van der Waals surface area contributed by atoms with Crippen molar-refractivity contribution in [2.24, 2.45) is 5.92 Å². The van der Waals surface area contributed by atoms with Crippen LogP contribution in [0.1, 0.15) is 83.1 Å². The molecular weight excluding hydrogens is 873 g/mol. The van der Waals surface area contributed by atoms with Crippen molar-refractivity contribution in [3.05, 3.63) is 104 Å². The number of hydrogen-bond acceptors (Lipinski definition) is 6. The predicted molar refractivity (Wildman–Crippen MR) is 226 cm³/mol. The second-order valence-corrected chi connectivity index (χ2v) is 18.3. The summed E-state index contributed by atoms with van der Waals surface area (Å²) in [5.74, 6) is -0.460. The fourth-order valence-electron chi connectivity index (χ4n) is 9.35. The molecule has 3 aromatic rings. The Balaban J connectivity index is 1.02. The van der Waals surface area contributed by atoms with Crippen LogP contribution in [0.5, 0.6) is 0 Å². The normalized spacial score (nSPS) is 21.4. The van der Waals surface area contributed by atoms with E-state index in [1.54, 1.807) is 42.1 Å². The lowest BCUT2D eigenvalue weighted by Gasteiger charge is -2.46. The average molecular weight is 926 g/mol. The van der Waals surface area contributed by atoms with Crippen LogP contribution >= 0.6 is 23.2 Å². The third-order valence-electron chi connectivity index (χ3n) is 13.3. The second kappa shape index (κ2) is 18.9. The van der Waals surface area contributed by atoms with Crippen LogP contribution in [0, 0.1) is 5.92 Å². The van der Waals surface area contributed by atoms with E-state index in [2.05, 4.69) is 17.0 Å². The molecule has 0 bridgehead atoms. The van der Waals surface area contributed by atoms with Crippen LogP contribution in [0.4, 0.5) is 26.3 Å². The van der Waals surface area contributed by atoms with Gasteiger partial charge in [-0.1, -0.05) is 53.5 Å². The molecule has 0 aromatic heterocycles. The number of rotatable bonds is 14. The summed E-state index contributed by atoms with van der Waals surface area (Å²) in [4.78, 5) is 46.5. The number of likely N-dealkylation sites (N-methyl/N-ethyl adjacent to an activating group) is 1. The molecule has 63 heavy (non-hydrogen) atoms. The lowest BCUT2D eigenvalue weighted by molar-refractivity contribution is -0.143. The van der Waals surface area contributed by atoms with Crippen molar-refractivity contribution in [3.8, 4) is 0 Å². The Morgan fingerprint density at radius 2 is 1.49 bits per heavy atom. The molecule has 7 rings (SSSR count). The molecule has 1 spiro atoms. The van der Waals surface area contributed by atoms with Crippen LogP contribution in [0.25, 0.3) is 0 Å². The summed E-state index contributed by atoms with van der Waals surface area (Å²) >= 11 is 12.7. The summed E-state index contributed by atoms with van der Waals surface area (Å²) in [6.45, 7) is 2.50. The number of morpholine rings is 1. The number of piperidine rings is 1. The number of halogens is 8. The zero-order valence-corrected chi connectivity index (χ0v) is 36.8. The van der Waals surface area contributed by atoms with E-state index in [0.717, 1.165) is 25.7 Å². The van der Waals surface area contributed by atoms with Crippen LogP contribution in [0.3, 0.4) is 0 Å². The molecule has 2 heterocycles. The Bertz CT molecular complexity index is 2130. The fraction of sp³-hybridized carbons (Fsp3) is 0.543. The maximum Gasteiger partial charge on any atom is 0.416 e. The Hall–Kier alpha value is -3.89. The predicted octanol–water partition coefficient (Wildman–Crippen LogP) is 8.87. The van der Waals surface area contributed by atoms with Gasteiger partial charge in [0, 0.05) is 57.7 Å². The van der Waals surface area contributed by atoms with E-state index in [0.29, 0.717) is 82.0 Å². The lowest BCUT2D eigenvalue weighted by atomic mass is 9.72. The molecule has 2 saturated heterocycles. The number of likely N-dealkylation sites (tertiary alicyclic amines) is 1. The van der Waals surface area contributed by atoms with Crippen molar-refractivity contribution in [3.63, 3.8) is 0 Å². The highest BCUT2D eigenvalue weighted by Crippen LogP contribution is 2.48. The highest BCUT2D eigenvalue weighted by molar-refractivity contribution is 6.42. The van der Waals surface area contributed by atoms with Crippen LogP contribution in [-0.2, 0) is 48.9 Å². The van der Waals surface area contributed by atoms with Gasteiger partial charge in [-0.05, 0) is 111 Å². The van der Waals surface area contributed by atoms with E-state index >= 15 is 0 Å². The van der Waals surface area contributed by atoms with Crippen LogP contribution in [0.2, 0.25) is 10.0 Å². The van der Waals surface area contributed by atoms with Crippen molar-refractivity contribution in [1.29, 1.82) is 0 Å². The zero-order chi connectivity index (χ0) is 45.3. The van der Waals surface area contributed by atoms with Gasteiger partial charge in [0.15, 0.2) is 0 Å². The van der Waals surface area contributed by atoms with Gasteiger partial charge >= 0.3 is 12.4 Å². The summed E-state index contributed by atoms with van der Waals surface area (Å²) in [6, 6.07) is 14.0. The molecule has 342 valence electrons. The maximum atomic E-state index is 13.9. The molecule has 0 N–H and O–H groups in total. The van der Waals surface area contributed by atoms with Gasteiger partial charge in [-0.2, -0.15) is 26.3 Å². The first-order valence-electron chi connectivity index (χ1n) is 21.4. The van der Waals surface area contributed by atoms with Crippen LogP contribution in [0.15, 0.2) is 60.7 Å². The van der Waals surface area contributed by atoms with Crippen LogP contribution in [-0.4, -0.2) is 117 Å². The number of benzene rings is 3. The number of alkyl halides is 6. The van der Waals surface area contributed by atoms with Crippen molar-refractivity contribution in [2.75, 3.05) is 73.1 Å². The summed E-state index contributed by atoms with van der Waals surface area (Å²) in [5, 5.41) is 0.484. The van der Waals surface area contributed by atoms with Gasteiger partial charge in [0.25, 0.3) is 5.91 Å². The maximum absolute atomic E-state index is 13.9. The third kappa shape index (κ3) is 10.8. The number of fused-ring (bicyclic) bond motifs is 2. The number of ether oxygens (including phenoxy) is 2.